The molecule has 4 rings (SSSR count). The number of H-pyrrole nitrogens is 1. The quantitative estimate of drug-likeness (QED) is 0.562. The molecule has 0 atom stereocenters. The normalized spacial score (nSPS) is 11.1. The van der Waals surface area contributed by atoms with Crippen LogP contribution in [0.15, 0.2) is 58.1 Å². The minimum Gasteiger partial charge on any atom is -0.495 e. The van der Waals surface area contributed by atoms with E-state index in [1.165, 1.54) is 0 Å². The fourth-order valence-electron chi connectivity index (χ4n) is 2.93. The number of halogens is 1. The first kappa shape index (κ1) is 15.4. The number of para-hydroxylation sites is 2. The van der Waals surface area contributed by atoms with Gasteiger partial charge >= 0.3 is 5.69 Å². The van der Waals surface area contributed by atoms with Crippen molar-refractivity contribution in [3.05, 3.63) is 74.4 Å². The van der Waals surface area contributed by atoms with Gasteiger partial charge in [-0.3, -0.25) is 14.3 Å². The van der Waals surface area contributed by atoms with Gasteiger partial charge in [-0.15, -0.1) is 0 Å². The molecule has 2 aliphatic rings. The summed E-state index contributed by atoms with van der Waals surface area (Å²) in [4.78, 5) is 30.3. The minimum absolute atomic E-state index is 0.244. The maximum absolute atomic E-state index is 12.3. The summed E-state index contributed by atoms with van der Waals surface area (Å²) in [6, 6.07) is 14.3. The zero-order valence-corrected chi connectivity index (χ0v) is 13.9. The molecular weight excluding hydrogens is 342 g/mol. The third-order valence-electron chi connectivity index (χ3n) is 4.01. The Kier molecular flexibility index (Phi) is 3.54. The number of hydrogen-bond acceptors (Lipinski definition) is 4. The van der Waals surface area contributed by atoms with Crippen LogP contribution in [0.1, 0.15) is 0 Å². The van der Waals surface area contributed by atoms with Gasteiger partial charge in [0, 0.05) is 10.4 Å². The molecule has 0 fully saturated rings. The summed E-state index contributed by atoms with van der Waals surface area (Å²) in [5.41, 5.74) is 0.413. The molecule has 2 aromatic rings. The number of fused-ring (bicyclic) bond motifs is 2. The molecule has 0 aliphatic carbocycles. The highest BCUT2D eigenvalue weighted by molar-refractivity contribution is 6.35. The Bertz CT molecular complexity index is 1200. The summed E-state index contributed by atoms with van der Waals surface area (Å²) in [7, 11) is 1.55. The van der Waals surface area contributed by atoms with Crippen molar-refractivity contribution in [3.63, 3.8) is 0 Å². The fourth-order valence-corrected chi connectivity index (χ4v) is 3.16. The van der Waals surface area contributed by atoms with Gasteiger partial charge in [0.15, 0.2) is 5.82 Å². The van der Waals surface area contributed by atoms with E-state index in [9.17, 15) is 9.59 Å². The predicted octanol–water partition coefficient (Wildman–Crippen LogP) is 2.84. The fraction of sp³-hybridized carbons (Fsp3) is 0.0556. The Labute approximate surface area is 146 Å². The van der Waals surface area contributed by atoms with E-state index >= 15 is 0 Å². The van der Waals surface area contributed by atoms with Crippen molar-refractivity contribution in [3.8, 4) is 22.8 Å². The van der Waals surface area contributed by atoms with Crippen LogP contribution in [0.2, 0.25) is 5.02 Å². The molecule has 6 nitrogen and oxygen atoms in total. The lowest BCUT2D eigenvalue weighted by atomic mass is 10.1. The van der Waals surface area contributed by atoms with E-state index in [1.807, 2.05) is 24.3 Å². The van der Waals surface area contributed by atoms with Crippen LogP contribution in [-0.2, 0) is 0 Å². The highest BCUT2D eigenvalue weighted by Crippen LogP contribution is 2.34. The topological polar surface area (TPSA) is 77.0 Å². The summed E-state index contributed by atoms with van der Waals surface area (Å²) in [6.07, 6.45) is 0. The second kappa shape index (κ2) is 5.75. The SMILES string of the molecule is COc1ccccc1-n1c2nc(=O)[nH]c(=O)c-2cc2c(Cl)cccc21. The average Bonchev–Trinajstić information content (AvgIpc) is 2.61. The van der Waals surface area contributed by atoms with E-state index in [1.54, 1.807) is 35.9 Å². The van der Waals surface area contributed by atoms with Gasteiger partial charge in [0.2, 0.25) is 0 Å². The van der Waals surface area contributed by atoms with Crippen LogP contribution >= 0.6 is 11.6 Å². The number of nitrogens with one attached hydrogen (secondary N) is 1. The number of benzene rings is 2. The van der Waals surface area contributed by atoms with Crippen molar-refractivity contribution in [2.75, 3.05) is 7.11 Å². The number of nitrogens with zero attached hydrogens (tertiary/aromatic N) is 2. The van der Waals surface area contributed by atoms with Crippen LogP contribution < -0.4 is 16.0 Å². The highest BCUT2D eigenvalue weighted by atomic mass is 35.5. The van der Waals surface area contributed by atoms with E-state index in [0.29, 0.717) is 27.4 Å². The Hall–Kier alpha value is -3.12. The lowest BCUT2D eigenvalue weighted by Gasteiger charge is -2.19. The van der Waals surface area contributed by atoms with Gasteiger partial charge in [-0.2, -0.15) is 4.98 Å². The van der Waals surface area contributed by atoms with Crippen molar-refractivity contribution in [1.82, 2.24) is 14.5 Å². The first-order valence-electron chi connectivity index (χ1n) is 7.48. The molecule has 0 saturated carbocycles. The summed E-state index contributed by atoms with van der Waals surface area (Å²) in [5, 5.41) is 1.17. The lowest BCUT2D eigenvalue weighted by Crippen LogP contribution is -2.27. The van der Waals surface area contributed by atoms with Gasteiger partial charge in [-0.1, -0.05) is 29.8 Å². The number of aromatic amines is 1. The van der Waals surface area contributed by atoms with Crippen LogP contribution in [-0.4, -0.2) is 21.6 Å². The van der Waals surface area contributed by atoms with E-state index in [2.05, 4.69) is 9.97 Å². The first-order valence-corrected chi connectivity index (χ1v) is 7.85. The molecule has 0 bridgehead atoms. The molecule has 0 radical (unpaired) electrons. The molecule has 124 valence electrons. The molecule has 7 heteroatoms. The molecular formula is C18H12ClN3O3. The lowest BCUT2D eigenvalue weighted by molar-refractivity contribution is 0.413. The number of hydrogen-bond donors (Lipinski definition) is 1. The van der Waals surface area contributed by atoms with Gasteiger partial charge < -0.3 is 4.74 Å². The Morgan fingerprint density at radius 1 is 1.12 bits per heavy atom. The molecule has 0 unspecified atom stereocenters. The Morgan fingerprint density at radius 3 is 2.72 bits per heavy atom. The van der Waals surface area contributed by atoms with Gasteiger partial charge in [-0.05, 0) is 30.3 Å². The summed E-state index contributed by atoms with van der Waals surface area (Å²) < 4.78 is 7.16. The Morgan fingerprint density at radius 2 is 1.92 bits per heavy atom. The van der Waals surface area contributed by atoms with Crippen molar-refractivity contribution in [2.24, 2.45) is 0 Å². The summed E-state index contributed by atoms with van der Waals surface area (Å²) in [5.74, 6) is 0.823. The first-order chi connectivity index (χ1) is 12.1. The largest absolute Gasteiger partial charge is 0.495 e. The van der Waals surface area contributed by atoms with Gasteiger partial charge in [0.05, 0.1) is 23.9 Å². The number of ether oxygens (including phenoxy) is 1. The number of methoxy groups -OCH3 is 1. The van der Waals surface area contributed by atoms with Crippen LogP contribution in [0.3, 0.4) is 0 Å². The van der Waals surface area contributed by atoms with Crippen LogP contribution in [0.4, 0.5) is 0 Å². The average molecular weight is 354 g/mol. The number of rotatable bonds is 2. The second-order valence-corrected chi connectivity index (χ2v) is 5.84. The molecule has 25 heavy (non-hydrogen) atoms. The number of aromatic nitrogens is 3. The summed E-state index contributed by atoms with van der Waals surface area (Å²) in [6.45, 7) is 0. The van der Waals surface area contributed by atoms with E-state index in [4.69, 9.17) is 16.3 Å². The number of pyridine rings is 1. The van der Waals surface area contributed by atoms with Crippen LogP contribution in [0.25, 0.3) is 28.0 Å². The molecule has 0 amide bonds. The highest BCUT2D eigenvalue weighted by Gasteiger charge is 2.20. The van der Waals surface area contributed by atoms with Crippen molar-refractivity contribution >= 4 is 22.5 Å². The van der Waals surface area contributed by atoms with Crippen molar-refractivity contribution in [2.45, 2.75) is 0 Å². The molecule has 2 aromatic carbocycles. The van der Waals surface area contributed by atoms with Gasteiger partial charge in [0.1, 0.15) is 5.75 Å². The molecule has 0 aromatic heterocycles. The van der Waals surface area contributed by atoms with E-state index in [0.717, 1.165) is 0 Å². The third-order valence-corrected chi connectivity index (χ3v) is 4.34. The van der Waals surface area contributed by atoms with Gasteiger partial charge in [0.25, 0.3) is 5.56 Å². The minimum atomic E-state index is -0.706. The van der Waals surface area contributed by atoms with Crippen molar-refractivity contribution in [1.29, 1.82) is 0 Å². The van der Waals surface area contributed by atoms with E-state index in [-0.39, 0.29) is 11.4 Å². The van der Waals surface area contributed by atoms with E-state index < -0.39 is 11.2 Å². The smallest absolute Gasteiger partial charge is 0.349 e. The predicted molar refractivity (Wildman–Crippen MR) is 96.1 cm³/mol. The molecule has 1 N–H and O–H groups in total. The molecule has 2 heterocycles. The maximum Gasteiger partial charge on any atom is 0.349 e. The van der Waals surface area contributed by atoms with Gasteiger partial charge in [-0.25, -0.2) is 4.79 Å². The van der Waals surface area contributed by atoms with Crippen LogP contribution in [0, 0.1) is 0 Å². The zero-order chi connectivity index (χ0) is 17.6. The molecule has 0 spiro atoms. The zero-order valence-electron chi connectivity index (χ0n) is 13.1. The third kappa shape index (κ3) is 2.38. The monoisotopic (exact) mass is 353 g/mol. The molecule has 0 saturated heterocycles. The maximum atomic E-state index is 12.3. The standard InChI is InChI=1S/C18H12ClN3O3/c1-25-15-8-3-2-6-14(15)22-13-7-4-5-12(19)10(13)9-11-16(22)20-18(24)21-17(11)23/h2-9H,1H3,(H,21,23,24). The second-order valence-electron chi connectivity index (χ2n) is 5.43. The van der Waals surface area contributed by atoms with Crippen LogP contribution in [0.5, 0.6) is 5.75 Å². The Balaban J connectivity index is 2.30. The summed E-state index contributed by atoms with van der Waals surface area (Å²) >= 11 is 6.34. The van der Waals surface area contributed by atoms with Crippen molar-refractivity contribution < 1.29 is 4.74 Å². The molecule has 2 aliphatic heterocycles.